The minimum atomic E-state index is -0.379. The highest BCUT2D eigenvalue weighted by atomic mass is 16.6. The topological polar surface area (TPSA) is 124 Å². The summed E-state index contributed by atoms with van der Waals surface area (Å²) in [5, 5.41) is 11.1. The average Bonchev–Trinajstić information content (AvgIpc) is 3.05. The van der Waals surface area contributed by atoms with E-state index in [4.69, 9.17) is 25.4 Å². The van der Waals surface area contributed by atoms with Crippen LogP contribution in [0.25, 0.3) is 11.1 Å². The fraction of sp³-hybridized carbons (Fsp3) is 0.250. The van der Waals surface area contributed by atoms with Crippen LogP contribution in [0.15, 0.2) is 97.1 Å². The molecule has 44 heavy (non-hydrogen) atoms. The van der Waals surface area contributed by atoms with E-state index in [0.717, 1.165) is 34.4 Å². The second-order valence-corrected chi connectivity index (χ2v) is 10.9. The van der Waals surface area contributed by atoms with Gasteiger partial charge in [0, 0.05) is 30.0 Å². The predicted molar refractivity (Wildman–Crippen MR) is 170 cm³/mol. The zero-order valence-electron chi connectivity index (χ0n) is 24.8. The normalized spacial score (nSPS) is 13.4. The number of nitrogen functional groups attached to an aromatic ring is 1. The number of carbonyl (C=O) groups excluding carboxylic acids is 2. The summed E-state index contributed by atoms with van der Waals surface area (Å²) in [6.07, 6.45) is 1.90. The number of benzene rings is 4. The molecule has 0 fully saturated rings. The van der Waals surface area contributed by atoms with Gasteiger partial charge in [-0.1, -0.05) is 66.7 Å². The summed E-state index contributed by atoms with van der Waals surface area (Å²) in [5.74, 6) is 0.624. The largest absolute Gasteiger partial charge is 0.486 e. The lowest BCUT2D eigenvalue weighted by atomic mass is 9.88. The Morgan fingerprint density at radius 3 is 2.27 bits per heavy atom. The SMILES string of the molecule is CC(=O)OCC(Cc1cccc(C(=N)N)c1)C(CCc1ccccc1)NC(=O)c1ccc(-c2ccc3c(c2)OCCO3)cc1. The zero-order valence-corrected chi connectivity index (χ0v) is 24.8. The average molecular weight is 592 g/mol. The van der Waals surface area contributed by atoms with Crippen molar-refractivity contribution in [3.8, 4) is 22.6 Å². The second kappa shape index (κ2) is 14.4. The number of ether oxygens (including phenoxy) is 3. The Labute approximate surface area is 257 Å². The smallest absolute Gasteiger partial charge is 0.302 e. The van der Waals surface area contributed by atoms with Crippen LogP contribution in [0.1, 0.15) is 40.4 Å². The minimum Gasteiger partial charge on any atom is -0.486 e. The summed E-state index contributed by atoms with van der Waals surface area (Å²) in [5.41, 5.74) is 10.9. The number of rotatable bonds is 12. The van der Waals surface area contributed by atoms with Crippen molar-refractivity contribution in [1.29, 1.82) is 5.41 Å². The van der Waals surface area contributed by atoms with Crippen LogP contribution in [0.3, 0.4) is 0 Å². The number of nitrogens with one attached hydrogen (secondary N) is 2. The predicted octanol–water partition coefficient (Wildman–Crippen LogP) is 5.56. The van der Waals surface area contributed by atoms with Gasteiger partial charge < -0.3 is 25.3 Å². The van der Waals surface area contributed by atoms with Crippen molar-refractivity contribution in [3.05, 3.63) is 119 Å². The van der Waals surface area contributed by atoms with E-state index in [2.05, 4.69) is 17.4 Å². The molecule has 0 aliphatic carbocycles. The molecule has 0 saturated heterocycles. The van der Waals surface area contributed by atoms with Gasteiger partial charge in [-0.2, -0.15) is 0 Å². The first-order chi connectivity index (χ1) is 21.4. The fourth-order valence-electron chi connectivity index (χ4n) is 5.39. The Bertz CT molecular complexity index is 1600. The van der Waals surface area contributed by atoms with Gasteiger partial charge in [0.1, 0.15) is 19.0 Å². The molecular weight excluding hydrogens is 554 g/mol. The van der Waals surface area contributed by atoms with E-state index in [0.29, 0.717) is 42.9 Å². The second-order valence-electron chi connectivity index (χ2n) is 10.9. The minimum absolute atomic E-state index is 0.0167. The lowest BCUT2D eigenvalue weighted by Crippen LogP contribution is -2.43. The lowest BCUT2D eigenvalue weighted by Gasteiger charge is -2.28. The van der Waals surface area contributed by atoms with Crippen LogP contribution in [-0.2, 0) is 22.4 Å². The first kappa shape index (κ1) is 30.4. The lowest BCUT2D eigenvalue weighted by molar-refractivity contribution is -0.142. The third-order valence-corrected chi connectivity index (χ3v) is 7.73. The van der Waals surface area contributed by atoms with Crippen molar-refractivity contribution < 1.29 is 23.8 Å². The molecule has 0 aromatic heterocycles. The molecule has 0 spiro atoms. The molecule has 0 radical (unpaired) electrons. The van der Waals surface area contributed by atoms with Crippen LogP contribution in [0.2, 0.25) is 0 Å². The van der Waals surface area contributed by atoms with Crippen LogP contribution in [0.4, 0.5) is 0 Å². The summed E-state index contributed by atoms with van der Waals surface area (Å²) in [4.78, 5) is 25.5. The van der Waals surface area contributed by atoms with Gasteiger partial charge in [-0.25, -0.2) is 0 Å². The Hall–Kier alpha value is -5.11. The number of esters is 1. The number of fused-ring (bicyclic) bond motifs is 1. The van der Waals surface area contributed by atoms with E-state index in [-0.39, 0.29) is 36.3 Å². The Morgan fingerprint density at radius 1 is 0.841 bits per heavy atom. The summed E-state index contributed by atoms with van der Waals surface area (Å²) in [7, 11) is 0. The molecule has 5 rings (SSSR count). The van der Waals surface area contributed by atoms with Crippen LogP contribution in [0.5, 0.6) is 11.5 Å². The van der Waals surface area contributed by atoms with E-state index in [1.165, 1.54) is 6.92 Å². The molecule has 1 aliphatic rings. The molecule has 2 unspecified atom stereocenters. The third kappa shape index (κ3) is 8.04. The number of hydrogen-bond donors (Lipinski definition) is 3. The summed E-state index contributed by atoms with van der Waals surface area (Å²) >= 11 is 0. The molecule has 8 heteroatoms. The van der Waals surface area contributed by atoms with E-state index < -0.39 is 0 Å². The molecule has 226 valence electrons. The number of nitrogens with two attached hydrogens (primary N) is 1. The van der Waals surface area contributed by atoms with Crippen molar-refractivity contribution in [3.63, 3.8) is 0 Å². The van der Waals surface area contributed by atoms with Crippen molar-refractivity contribution in [1.82, 2.24) is 5.32 Å². The standard InChI is InChI=1S/C36H37N3O5/c1-24(40)44-23-31(21-26-8-5-9-30(20-26)35(37)38)32(16-10-25-6-3-2-4-7-25)39-36(41)28-13-11-27(12-14-28)29-15-17-33-34(22-29)43-19-18-42-33/h2-9,11-15,17,20,22,31-32H,10,16,18-19,21,23H2,1H3,(H3,37,38)(H,39,41). The molecule has 0 bridgehead atoms. The third-order valence-electron chi connectivity index (χ3n) is 7.73. The highest BCUT2D eigenvalue weighted by molar-refractivity contribution is 5.95. The van der Waals surface area contributed by atoms with E-state index in [9.17, 15) is 9.59 Å². The highest BCUT2D eigenvalue weighted by Gasteiger charge is 2.26. The Balaban J connectivity index is 1.37. The number of aryl methyl sites for hydroxylation is 1. The maximum Gasteiger partial charge on any atom is 0.302 e. The molecule has 0 saturated carbocycles. The molecule has 2 atom stereocenters. The van der Waals surface area contributed by atoms with Gasteiger partial charge in [-0.3, -0.25) is 15.0 Å². The van der Waals surface area contributed by atoms with Crippen LogP contribution >= 0.6 is 0 Å². The van der Waals surface area contributed by atoms with Gasteiger partial charge in [0.25, 0.3) is 5.91 Å². The first-order valence-corrected chi connectivity index (χ1v) is 14.8. The molecule has 1 heterocycles. The van der Waals surface area contributed by atoms with Gasteiger partial charge in [0.2, 0.25) is 0 Å². The maximum atomic E-state index is 13.6. The van der Waals surface area contributed by atoms with Crippen molar-refractivity contribution >= 4 is 17.7 Å². The summed E-state index contributed by atoms with van der Waals surface area (Å²) < 4.78 is 16.9. The van der Waals surface area contributed by atoms with Crippen LogP contribution in [0, 0.1) is 11.3 Å². The molecular formula is C36H37N3O5. The number of hydrogen-bond acceptors (Lipinski definition) is 6. The molecule has 1 amide bonds. The number of amidine groups is 1. The van der Waals surface area contributed by atoms with Gasteiger partial charge in [-0.05, 0) is 71.8 Å². The first-order valence-electron chi connectivity index (χ1n) is 14.8. The molecule has 8 nitrogen and oxygen atoms in total. The van der Waals surface area contributed by atoms with Crippen LogP contribution < -0.4 is 20.5 Å². The quantitative estimate of drug-likeness (QED) is 0.113. The van der Waals surface area contributed by atoms with Crippen LogP contribution in [-0.4, -0.2) is 43.6 Å². The van der Waals surface area contributed by atoms with Gasteiger partial charge in [-0.15, -0.1) is 0 Å². The Kier molecular flexibility index (Phi) is 9.92. The Morgan fingerprint density at radius 2 is 1.55 bits per heavy atom. The van der Waals surface area contributed by atoms with E-state index in [1.807, 2.05) is 78.9 Å². The van der Waals surface area contributed by atoms with Crippen molar-refractivity contribution in [2.24, 2.45) is 11.7 Å². The van der Waals surface area contributed by atoms with Gasteiger partial charge in [0.15, 0.2) is 11.5 Å². The van der Waals surface area contributed by atoms with E-state index >= 15 is 0 Å². The number of amides is 1. The summed E-state index contributed by atoms with van der Waals surface area (Å²) in [6, 6.07) is 30.5. The van der Waals surface area contributed by atoms with Gasteiger partial charge >= 0.3 is 5.97 Å². The monoisotopic (exact) mass is 591 g/mol. The van der Waals surface area contributed by atoms with Crippen molar-refractivity contribution in [2.75, 3.05) is 19.8 Å². The summed E-state index contributed by atoms with van der Waals surface area (Å²) in [6.45, 7) is 2.58. The van der Waals surface area contributed by atoms with E-state index in [1.54, 1.807) is 6.07 Å². The molecule has 1 aliphatic heterocycles. The maximum absolute atomic E-state index is 13.6. The molecule has 4 aromatic carbocycles. The number of carbonyl (C=O) groups is 2. The fourth-order valence-corrected chi connectivity index (χ4v) is 5.39. The molecule has 4 N–H and O–H groups in total. The van der Waals surface area contributed by atoms with Crippen molar-refractivity contribution in [2.45, 2.75) is 32.2 Å². The molecule has 4 aromatic rings. The van der Waals surface area contributed by atoms with Gasteiger partial charge in [0.05, 0.1) is 6.61 Å². The highest BCUT2D eigenvalue weighted by Crippen LogP contribution is 2.34. The zero-order chi connectivity index (χ0) is 30.9.